The van der Waals surface area contributed by atoms with Gasteiger partial charge in [-0.15, -0.1) is 0 Å². The summed E-state index contributed by atoms with van der Waals surface area (Å²) in [6.07, 6.45) is 3.36. The van der Waals surface area contributed by atoms with Crippen molar-refractivity contribution >= 4 is 23.1 Å². The lowest BCUT2D eigenvalue weighted by molar-refractivity contribution is -0.137. The van der Waals surface area contributed by atoms with Crippen molar-refractivity contribution in [2.24, 2.45) is 0 Å². The van der Waals surface area contributed by atoms with Crippen LogP contribution >= 0.6 is 0 Å². The maximum Gasteiger partial charge on any atom is 0.416 e. The monoisotopic (exact) mass is 472 g/mol. The zero-order chi connectivity index (χ0) is 24.4. The first kappa shape index (κ1) is 22.6. The molecular formula is C29H23F3N2O. The van der Waals surface area contributed by atoms with Crippen LogP contribution in [0.3, 0.4) is 0 Å². The highest BCUT2D eigenvalue weighted by atomic mass is 19.4. The van der Waals surface area contributed by atoms with E-state index in [4.69, 9.17) is 4.74 Å². The molecule has 0 spiro atoms. The summed E-state index contributed by atoms with van der Waals surface area (Å²) < 4.78 is 45.6. The predicted octanol–water partition coefficient (Wildman–Crippen LogP) is 7.88. The maximum absolute atomic E-state index is 12.7. The number of alkyl halides is 3. The van der Waals surface area contributed by atoms with Crippen molar-refractivity contribution < 1.29 is 17.9 Å². The molecule has 0 saturated carbocycles. The minimum Gasteiger partial charge on any atom is -0.497 e. The number of hydrogen-bond donors (Lipinski definition) is 1. The Labute approximate surface area is 201 Å². The van der Waals surface area contributed by atoms with E-state index >= 15 is 0 Å². The van der Waals surface area contributed by atoms with E-state index in [1.54, 1.807) is 13.2 Å². The topological polar surface area (TPSA) is 29.9 Å². The van der Waals surface area contributed by atoms with Gasteiger partial charge in [0.05, 0.1) is 12.7 Å². The van der Waals surface area contributed by atoms with Gasteiger partial charge in [0.15, 0.2) is 0 Å². The number of fused-ring (bicyclic) bond motifs is 1. The molecule has 0 unspecified atom stereocenters. The number of H-pyrrole nitrogens is 1. The van der Waals surface area contributed by atoms with Crippen LogP contribution in [0.25, 0.3) is 34.2 Å². The SMILES string of the molecule is COc1ccc(-c2ccc3c(ccn3Cc3c[nH]c(/C=C/c4ccc(C(F)(F)F)cc4)c3)c2)cc1. The van der Waals surface area contributed by atoms with E-state index in [-0.39, 0.29) is 0 Å². The number of rotatable bonds is 6. The molecule has 0 aliphatic carbocycles. The second kappa shape index (κ2) is 9.22. The first-order valence-corrected chi connectivity index (χ1v) is 11.1. The third-order valence-electron chi connectivity index (χ3n) is 6.01. The fourth-order valence-electron chi connectivity index (χ4n) is 4.11. The van der Waals surface area contributed by atoms with Gasteiger partial charge in [-0.3, -0.25) is 0 Å². The van der Waals surface area contributed by atoms with Crippen LogP contribution in [0.5, 0.6) is 5.75 Å². The molecule has 3 nitrogen and oxygen atoms in total. The highest BCUT2D eigenvalue weighted by molar-refractivity contribution is 5.85. The van der Waals surface area contributed by atoms with Gasteiger partial charge in [-0.25, -0.2) is 0 Å². The Hall–Kier alpha value is -4.19. The Balaban J connectivity index is 1.29. The standard InChI is InChI=1S/C29H23F3N2O/c1-35-27-11-5-22(6-12-27)23-7-13-28-24(17-23)14-15-34(28)19-21-16-26(33-18-21)10-4-20-2-8-25(9-3-20)29(30,31)32/h2-18,33H,19H2,1H3/b10-4+. The summed E-state index contributed by atoms with van der Waals surface area (Å²) in [4.78, 5) is 3.22. The quantitative estimate of drug-likeness (QED) is 0.268. The van der Waals surface area contributed by atoms with Crippen molar-refractivity contribution in [3.8, 4) is 16.9 Å². The number of nitrogens with one attached hydrogen (secondary N) is 1. The van der Waals surface area contributed by atoms with Crippen molar-refractivity contribution in [1.82, 2.24) is 9.55 Å². The molecule has 5 rings (SSSR count). The molecule has 0 aliphatic heterocycles. The number of benzene rings is 3. The zero-order valence-corrected chi connectivity index (χ0v) is 19.0. The molecule has 2 aromatic heterocycles. The summed E-state index contributed by atoms with van der Waals surface area (Å²) in [6, 6.07) is 23.7. The summed E-state index contributed by atoms with van der Waals surface area (Å²) >= 11 is 0. The molecular weight excluding hydrogens is 449 g/mol. The van der Waals surface area contributed by atoms with Crippen molar-refractivity contribution in [3.63, 3.8) is 0 Å². The van der Waals surface area contributed by atoms with Crippen LogP contribution < -0.4 is 4.74 Å². The Morgan fingerprint density at radius 1 is 0.857 bits per heavy atom. The zero-order valence-electron chi connectivity index (χ0n) is 19.0. The lowest BCUT2D eigenvalue weighted by Gasteiger charge is -2.07. The van der Waals surface area contributed by atoms with Crippen molar-refractivity contribution in [3.05, 3.63) is 114 Å². The first-order chi connectivity index (χ1) is 16.9. The molecule has 5 aromatic rings. The molecule has 0 saturated heterocycles. The van der Waals surface area contributed by atoms with Gasteiger partial charge in [-0.05, 0) is 76.9 Å². The van der Waals surface area contributed by atoms with Crippen LogP contribution in [0.1, 0.15) is 22.4 Å². The highest BCUT2D eigenvalue weighted by Gasteiger charge is 2.29. The second-order valence-electron chi connectivity index (χ2n) is 8.36. The van der Waals surface area contributed by atoms with E-state index in [0.29, 0.717) is 12.1 Å². The Morgan fingerprint density at radius 2 is 1.60 bits per heavy atom. The number of methoxy groups -OCH3 is 1. The van der Waals surface area contributed by atoms with Crippen LogP contribution in [0.15, 0.2) is 91.3 Å². The third kappa shape index (κ3) is 5.01. The van der Waals surface area contributed by atoms with Gasteiger partial charge >= 0.3 is 6.18 Å². The van der Waals surface area contributed by atoms with Gasteiger partial charge in [-0.1, -0.05) is 36.4 Å². The molecule has 0 radical (unpaired) electrons. The average Bonchev–Trinajstić information content (AvgIpc) is 3.49. The first-order valence-electron chi connectivity index (χ1n) is 11.1. The van der Waals surface area contributed by atoms with Gasteiger partial charge in [0, 0.05) is 35.5 Å². The lowest BCUT2D eigenvalue weighted by atomic mass is 10.0. The lowest BCUT2D eigenvalue weighted by Crippen LogP contribution is -2.03. The average molecular weight is 473 g/mol. The van der Waals surface area contributed by atoms with Crippen LogP contribution in [0.4, 0.5) is 13.2 Å². The second-order valence-corrected chi connectivity index (χ2v) is 8.36. The van der Waals surface area contributed by atoms with Crippen molar-refractivity contribution in [2.75, 3.05) is 7.11 Å². The van der Waals surface area contributed by atoms with Crippen molar-refractivity contribution in [1.29, 1.82) is 0 Å². The minimum absolute atomic E-state index is 0.646. The molecule has 0 bridgehead atoms. The van der Waals surface area contributed by atoms with E-state index in [9.17, 15) is 13.2 Å². The minimum atomic E-state index is -4.32. The molecule has 35 heavy (non-hydrogen) atoms. The number of halogens is 3. The van der Waals surface area contributed by atoms with Gasteiger partial charge in [-0.2, -0.15) is 13.2 Å². The fraction of sp³-hybridized carbons (Fsp3) is 0.103. The molecule has 6 heteroatoms. The Kier molecular flexibility index (Phi) is 5.95. The molecule has 0 aliphatic rings. The third-order valence-corrected chi connectivity index (χ3v) is 6.01. The smallest absolute Gasteiger partial charge is 0.416 e. The molecule has 2 heterocycles. The number of aromatic nitrogens is 2. The Morgan fingerprint density at radius 3 is 2.31 bits per heavy atom. The summed E-state index contributed by atoms with van der Waals surface area (Å²) in [5, 5.41) is 1.16. The van der Waals surface area contributed by atoms with E-state index in [0.717, 1.165) is 51.2 Å². The van der Waals surface area contributed by atoms with Crippen LogP contribution in [-0.2, 0) is 12.7 Å². The van der Waals surface area contributed by atoms with Gasteiger partial charge in [0.1, 0.15) is 5.75 Å². The summed E-state index contributed by atoms with van der Waals surface area (Å²) in [6.45, 7) is 0.704. The molecule has 0 fully saturated rings. The number of hydrogen-bond acceptors (Lipinski definition) is 1. The molecule has 0 amide bonds. The van der Waals surface area contributed by atoms with Crippen molar-refractivity contribution in [2.45, 2.75) is 12.7 Å². The van der Waals surface area contributed by atoms with E-state index in [2.05, 4.69) is 52.1 Å². The van der Waals surface area contributed by atoms with E-state index in [1.807, 2.05) is 30.5 Å². The van der Waals surface area contributed by atoms with Gasteiger partial charge < -0.3 is 14.3 Å². The summed E-state index contributed by atoms with van der Waals surface area (Å²) in [5.41, 5.74) is 5.48. The molecule has 3 aromatic carbocycles. The normalized spacial score (nSPS) is 12.0. The Bertz CT molecular complexity index is 1470. The number of aromatic amines is 1. The van der Waals surface area contributed by atoms with Gasteiger partial charge in [0.2, 0.25) is 0 Å². The molecule has 0 atom stereocenters. The summed E-state index contributed by atoms with van der Waals surface area (Å²) in [7, 11) is 1.66. The predicted molar refractivity (Wildman–Crippen MR) is 134 cm³/mol. The number of ether oxygens (including phenoxy) is 1. The fourth-order valence-corrected chi connectivity index (χ4v) is 4.11. The van der Waals surface area contributed by atoms with E-state index in [1.165, 1.54) is 12.1 Å². The van der Waals surface area contributed by atoms with Gasteiger partial charge in [0.25, 0.3) is 0 Å². The largest absolute Gasteiger partial charge is 0.497 e. The van der Waals surface area contributed by atoms with E-state index < -0.39 is 11.7 Å². The van der Waals surface area contributed by atoms with Crippen LogP contribution in [-0.4, -0.2) is 16.7 Å². The summed E-state index contributed by atoms with van der Waals surface area (Å²) in [5.74, 6) is 0.834. The maximum atomic E-state index is 12.7. The molecule has 176 valence electrons. The molecule has 1 N–H and O–H groups in total. The number of nitrogens with zero attached hydrogens (tertiary/aromatic N) is 1. The van der Waals surface area contributed by atoms with Crippen LogP contribution in [0.2, 0.25) is 0 Å². The highest BCUT2D eigenvalue weighted by Crippen LogP contribution is 2.30. The van der Waals surface area contributed by atoms with Crippen LogP contribution in [0, 0.1) is 0 Å².